The van der Waals surface area contributed by atoms with Gasteiger partial charge in [-0.1, -0.05) is 6.92 Å². The highest BCUT2D eigenvalue weighted by atomic mass is 35.5. The van der Waals surface area contributed by atoms with Crippen molar-refractivity contribution in [3.8, 4) is 0 Å². The topological polar surface area (TPSA) is 17.1 Å². The molecular weight excluding hydrogens is 147 g/mol. The molecule has 0 saturated carbocycles. The van der Waals surface area contributed by atoms with Crippen LogP contribution >= 0.6 is 23.2 Å². The van der Waals surface area contributed by atoms with Gasteiger partial charge in [-0.15, -0.1) is 23.2 Å². The number of halogens is 2. The van der Waals surface area contributed by atoms with Crippen molar-refractivity contribution in [3.05, 3.63) is 0 Å². The van der Waals surface area contributed by atoms with E-state index in [9.17, 15) is 4.79 Å². The van der Waals surface area contributed by atoms with E-state index in [2.05, 4.69) is 0 Å². The van der Waals surface area contributed by atoms with E-state index < -0.39 is 4.84 Å². The molecule has 0 heterocycles. The summed E-state index contributed by atoms with van der Waals surface area (Å²) in [6.45, 7) is 1.83. The Balaban J connectivity index is 3.30. The van der Waals surface area contributed by atoms with Crippen LogP contribution in [0.1, 0.15) is 13.3 Å². The number of alkyl halides is 2. The minimum Gasteiger partial charge on any atom is -0.303 e. The molecule has 1 atom stereocenters. The second-order valence-corrected chi connectivity index (χ2v) is 2.88. The molecule has 3 heteroatoms. The van der Waals surface area contributed by atoms with Crippen LogP contribution in [0.15, 0.2) is 0 Å². The van der Waals surface area contributed by atoms with Crippen molar-refractivity contribution in [3.63, 3.8) is 0 Å². The van der Waals surface area contributed by atoms with E-state index >= 15 is 0 Å². The van der Waals surface area contributed by atoms with Gasteiger partial charge in [0.05, 0.1) is 0 Å². The van der Waals surface area contributed by atoms with Gasteiger partial charge in [0.1, 0.15) is 11.1 Å². The molecule has 0 rings (SSSR count). The second kappa shape index (κ2) is 4.16. The van der Waals surface area contributed by atoms with Crippen molar-refractivity contribution in [2.45, 2.75) is 18.2 Å². The molecule has 0 bridgehead atoms. The Hall–Kier alpha value is 0.250. The molecule has 1 nitrogen and oxygen atoms in total. The fourth-order valence-electron chi connectivity index (χ4n) is 0.255. The Morgan fingerprint density at radius 2 is 2.12 bits per heavy atom. The van der Waals surface area contributed by atoms with Gasteiger partial charge in [0.15, 0.2) is 0 Å². The summed E-state index contributed by atoms with van der Waals surface area (Å²) in [5, 5.41) is 0. The molecule has 48 valence electrons. The van der Waals surface area contributed by atoms with Gasteiger partial charge >= 0.3 is 0 Å². The van der Waals surface area contributed by atoms with E-state index in [1.54, 1.807) is 0 Å². The highest BCUT2D eigenvalue weighted by molar-refractivity contribution is 6.44. The highest BCUT2D eigenvalue weighted by Crippen LogP contribution is 2.16. The van der Waals surface area contributed by atoms with Gasteiger partial charge in [-0.2, -0.15) is 0 Å². The van der Waals surface area contributed by atoms with Crippen molar-refractivity contribution in [2.75, 3.05) is 0 Å². The Labute approximate surface area is 59.0 Å². The van der Waals surface area contributed by atoms with Crippen molar-refractivity contribution in [2.24, 2.45) is 5.92 Å². The minimum atomic E-state index is -0.416. The predicted octanol–water partition coefficient (Wildman–Crippen LogP) is 2.02. The smallest absolute Gasteiger partial charge is 0.120 e. The minimum absolute atomic E-state index is 0.0795. The molecule has 0 amide bonds. The summed E-state index contributed by atoms with van der Waals surface area (Å²) in [4.78, 5) is 9.39. The van der Waals surface area contributed by atoms with Crippen LogP contribution in [-0.4, -0.2) is 11.1 Å². The van der Waals surface area contributed by atoms with E-state index in [4.69, 9.17) is 23.2 Å². The lowest BCUT2D eigenvalue weighted by molar-refractivity contribution is -0.108. The zero-order chi connectivity index (χ0) is 6.57. The fourth-order valence-corrected chi connectivity index (χ4v) is 0.460. The Bertz CT molecular complexity index is 72.8. The molecule has 8 heavy (non-hydrogen) atoms. The maximum absolute atomic E-state index is 9.80. The van der Waals surface area contributed by atoms with Crippen LogP contribution in [0.2, 0.25) is 0 Å². The van der Waals surface area contributed by atoms with Crippen LogP contribution in [0.4, 0.5) is 0 Å². The lowest BCUT2D eigenvalue weighted by Gasteiger charge is -2.05. The van der Waals surface area contributed by atoms with Crippen LogP contribution in [0.25, 0.3) is 0 Å². The van der Waals surface area contributed by atoms with Crippen molar-refractivity contribution < 1.29 is 4.79 Å². The normalized spacial score (nSPS) is 14.0. The van der Waals surface area contributed by atoms with E-state index in [-0.39, 0.29) is 5.92 Å². The first-order chi connectivity index (χ1) is 3.68. The summed E-state index contributed by atoms with van der Waals surface area (Å²) < 4.78 is 0. The highest BCUT2D eigenvalue weighted by Gasteiger charge is 2.08. The molecule has 0 N–H and O–H groups in total. The molecule has 0 aliphatic carbocycles. The lowest BCUT2D eigenvalue weighted by atomic mass is 10.1. The Morgan fingerprint density at radius 3 is 2.25 bits per heavy atom. The summed E-state index contributed by atoms with van der Waals surface area (Å²) in [6.07, 6.45) is 1.26. The molecule has 0 aromatic carbocycles. The molecule has 0 aliphatic rings. The van der Waals surface area contributed by atoms with E-state index in [1.807, 2.05) is 6.92 Å². The number of aldehydes is 1. The average Bonchev–Trinajstić information content (AvgIpc) is 1.67. The lowest BCUT2D eigenvalue weighted by Crippen LogP contribution is -2.03. The predicted molar refractivity (Wildman–Crippen MR) is 35.3 cm³/mol. The molecule has 0 aliphatic heterocycles. The zero-order valence-electron chi connectivity index (χ0n) is 4.60. The third-order valence-electron chi connectivity index (χ3n) is 0.898. The Morgan fingerprint density at radius 1 is 1.62 bits per heavy atom. The summed E-state index contributed by atoms with van der Waals surface area (Å²) in [5.41, 5.74) is 0. The van der Waals surface area contributed by atoms with Crippen molar-refractivity contribution in [1.29, 1.82) is 0 Å². The average molecular weight is 155 g/mol. The van der Waals surface area contributed by atoms with Gasteiger partial charge in [-0.05, 0) is 5.92 Å². The maximum atomic E-state index is 9.80. The van der Waals surface area contributed by atoms with Gasteiger partial charge in [0, 0.05) is 6.42 Å². The van der Waals surface area contributed by atoms with Gasteiger partial charge in [0.25, 0.3) is 0 Å². The van der Waals surface area contributed by atoms with Crippen LogP contribution in [0, 0.1) is 5.92 Å². The Kier molecular flexibility index (Phi) is 4.29. The van der Waals surface area contributed by atoms with Gasteiger partial charge in [-0.25, -0.2) is 0 Å². The first-order valence-electron chi connectivity index (χ1n) is 2.40. The van der Waals surface area contributed by atoms with E-state index in [1.165, 1.54) is 0 Å². The number of rotatable bonds is 3. The zero-order valence-corrected chi connectivity index (χ0v) is 6.12. The van der Waals surface area contributed by atoms with E-state index in [0.717, 1.165) is 6.29 Å². The summed E-state index contributed by atoms with van der Waals surface area (Å²) >= 11 is 10.8. The largest absolute Gasteiger partial charge is 0.303 e. The summed E-state index contributed by atoms with van der Waals surface area (Å²) in [7, 11) is 0. The SMILES string of the molecule is C[C@H](CC=O)C(Cl)Cl. The summed E-state index contributed by atoms with van der Waals surface area (Å²) in [5.74, 6) is 0.0795. The van der Waals surface area contributed by atoms with Gasteiger partial charge in [-0.3, -0.25) is 0 Å². The third kappa shape index (κ3) is 3.28. The van der Waals surface area contributed by atoms with E-state index in [0.29, 0.717) is 6.42 Å². The maximum Gasteiger partial charge on any atom is 0.120 e. The van der Waals surface area contributed by atoms with Crippen molar-refractivity contribution in [1.82, 2.24) is 0 Å². The monoisotopic (exact) mass is 154 g/mol. The molecule has 0 fully saturated rings. The third-order valence-corrected chi connectivity index (χ3v) is 1.76. The van der Waals surface area contributed by atoms with Crippen LogP contribution in [0.5, 0.6) is 0 Å². The fraction of sp³-hybridized carbons (Fsp3) is 0.800. The van der Waals surface area contributed by atoms with Crippen LogP contribution < -0.4 is 0 Å². The molecule has 0 aromatic rings. The standard InChI is InChI=1S/C5H8Cl2O/c1-4(2-3-8)5(6)7/h3-5H,2H2,1H3/t4-/m1/s1. The molecule has 0 radical (unpaired) electrons. The molecule has 0 spiro atoms. The van der Waals surface area contributed by atoms with Crippen LogP contribution in [-0.2, 0) is 4.79 Å². The molecule has 0 saturated heterocycles. The van der Waals surface area contributed by atoms with Crippen molar-refractivity contribution >= 4 is 29.5 Å². The molecule has 0 aromatic heterocycles. The summed E-state index contributed by atoms with van der Waals surface area (Å²) in [6, 6.07) is 0. The first kappa shape index (κ1) is 8.25. The quantitative estimate of drug-likeness (QED) is 0.450. The first-order valence-corrected chi connectivity index (χ1v) is 3.27. The van der Waals surface area contributed by atoms with Crippen LogP contribution in [0.3, 0.4) is 0 Å². The number of carbonyl (C=O) groups is 1. The number of hydrogen-bond acceptors (Lipinski definition) is 1. The number of hydrogen-bond donors (Lipinski definition) is 0. The molecular formula is C5H8Cl2O. The van der Waals surface area contributed by atoms with Gasteiger partial charge < -0.3 is 4.79 Å². The molecule has 0 unspecified atom stereocenters. The number of carbonyl (C=O) groups excluding carboxylic acids is 1. The second-order valence-electron chi connectivity index (χ2n) is 1.71. The van der Waals surface area contributed by atoms with Gasteiger partial charge in [0.2, 0.25) is 0 Å².